The van der Waals surface area contributed by atoms with E-state index in [2.05, 4.69) is 4.72 Å². The number of likely N-dealkylation sites (N-methyl/N-ethyl adjacent to an activating group) is 1. The molecular weight excluding hydrogens is 655 g/mol. The molecule has 0 radical (unpaired) electrons. The first-order valence-electron chi connectivity index (χ1n) is 15.9. The zero-order chi connectivity index (χ0) is 35.6. The third-order valence-corrected chi connectivity index (χ3v) is 9.57. The van der Waals surface area contributed by atoms with Gasteiger partial charge in [-0.3, -0.25) is 14.3 Å². The quantitative estimate of drug-likeness (QED) is 0.350. The SMILES string of the molecule is COc1ccc(S(=O)(=O)Nc2ccc3c(c2)C(=O)N([C@H](C)CO)C[C@H](C)[C@H](CN(C)C(=O)CCC(F)(F)F)OCCCC[C@H](C)O3)cc1. The van der Waals surface area contributed by atoms with Crippen molar-refractivity contribution in [3.63, 3.8) is 0 Å². The standard InChI is InChI=1S/C33H46F3N3O8S/c1-22-19-39(23(2)21-40)32(42)28-18-25(37-48(43,44)27-12-10-26(45-5)11-13-27)9-14-29(28)47-24(3)8-6-7-17-46-30(22)20-38(4)31(41)15-16-33(34,35)36/h9-14,18,22-24,30,37,40H,6-8,15-17,19-21H2,1-5H3/t22-,23+,24-,30-/m0/s1. The van der Waals surface area contributed by atoms with Crippen LogP contribution in [0.5, 0.6) is 11.5 Å². The average molecular weight is 702 g/mol. The number of aliphatic hydroxyl groups is 1. The van der Waals surface area contributed by atoms with Gasteiger partial charge in [0.1, 0.15) is 11.5 Å². The van der Waals surface area contributed by atoms with Crippen LogP contribution in [0.25, 0.3) is 0 Å². The third-order valence-electron chi connectivity index (χ3n) is 8.18. The van der Waals surface area contributed by atoms with Gasteiger partial charge in [0.15, 0.2) is 0 Å². The Balaban J connectivity index is 1.95. The van der Waals surface area contributed by atoms with Crippen LogP contribution in [0.3, 0.4) is 0 Å². The zero-order valence-electron chi connectivity index (χ0n) is 28.0. The second-order valence-electron chi connectivity index (χ2n) is 12.2. The molecule has 2 aromatic carbocycles. The average Bonchev–Trinajstić information content (AvgIpc) is 3.04. The largest absolute Gasteiger partial charge is 0.497 e. The number of benzene rings is 2. The van der Waals surface area contributed by atoms with Crippen LogP contribution in [-0.4, -0.2) is 100 Å². The lowest BCUT2D eigenvalue weighted by Crippen LogP contribution is -2.48. The first-order valence-corrected chi connectivity index (χ1v) is 17.3. The molecule has 0 fully saturated rings. The molecule has 2 amide bonds. The smallest absolute Gasteiger partial charge is 0.389 e. The van der Waals surface area contributed by atoms with Crippen LogP contribution in [0.2, 0.25) is 0 Å². The zero-order valence-corrected chi connectivity index (χ0v) is 28.8. The number of nitrogens with zero attached hydrogens (tertiary/aromatic N) is 2. The van der Waals surface area contributed by atoms with Crippen molar-refractivity contribution in [2.75, 3.05) is 45.2 Å². The van der Waals surface area contributed by atoms with E-state index in [-0.39, 0.29) is 41.1 Å². The van der Waals surface area contributed by atoms with Crippen molar-refractivity contribution < 1.29 is 50.5 Å². The van der Waals surface area contributed by atoms with E-state index in [4.69, 9.17) is 14.2 Å². The number of rotatable bonds is 10. The molecule has 0 aromatic heterocycles. The van der Waals surface area contributed by atoms with Gasteiger partial charge in [0, 0.05) is 44.8 Å². The molecule has 3 rings (SSSR count). The number of fused-ring (bicyclic) bond motifs is 1. The van der Waals surface area contributed by atoms with E-state index < -0.39 is 65.5 Å². The van der Waals surface area contributed by atoms with Crippen molar-refractivity contribution in [3.05, 3.63) is 48.0 Å². The molecule has 0 spiro atoms. The number of carbonyl (C=O) groups is 2. The molecular formula is C33H46F3N3O8S. The van der Waals surface area contributed by atoms with Crippen LogP contribution >= 0.6 is 0 Å². The normalized spacial score (nSPS) is 20.6. The molecule has 1 heterocycles. The Kier molecular flexibility index (Phi) is 13.9. The summed E-state index contributed by atoms with van der Waals surface area (Å²) >= 11 is 0. The van der Waals surface area contributed by atoms with Crippen LogP contribution in [0.15, 0.2) is 47.4 Å². The fourth-order valence-corrected chi connectivity index (χ4v) is 6.28. The number of alkyl halides is 3. The second kappa shape index (κ2) is 17.2. The highest BCUT2D eigenvalue weighted by Gasteiger charge is 2.32. The van der Waals surface area contributed by atoms with Gasteiger partial charge in [0.2, 0.25) is 5.91 Å². The summed E-state index contributed by atoms with van der Waals surface area (Å²) in [6.45, 7) is 5.28. The number of hydrogen-bond donors (Lipinski definition) is 2. The van der Waals surface area contributed by atoms with Crippen molar-refractivity contribution in [3.8, 4) is 11.5 Å². The summed E-state index contributed by atoms with van der Waals surface area (Å²) in [4.78, 5) is 29.4. The number of methoxy groups -OCH3 is 1. The fraction of sp³-hybridized carbons (Fsp3) is 0.576. The molecule has 1 aliphatic rings. The van der Waals surface area contributed by atoms with E-state index in [1.54, 1.807) is 13.8 Å². The van der Waals surface area contributed by atoms with E-state index in [0.29, 0.717) is 31.6 Å². The molecule has 0 unspecified atom stereocenters. The molecule has 2 aromatic rings. The Labute approximate surface area is 280 Å². The molecule has 0 aliphatic carbocycles. The van der Waals surface area contributed by atoms with Gasteiger partial charge in [0.25, 0.3) is 15.9 Å². The number of anilines is 1. The highest BCUT2D eigenvalue weighted by molar-refractivity contribution is 7.92. The lowest BCUT2D eigenvalue weighted by molar-refractivity contribution is -0.149. The highest BCUT2D eigenvalue weighted by Crippen LogP contribution is 2.30. The van der Waals surface area contributed by atoms with Crippen LogP contribution < -0.4 is 14.2 Å². The second-order valence-corrected chi connectivity index (χ2v) is 13.9. The van der Waals surface area contributed by atoms with Gasteiger partial charge in [0.05, 0.1) is 48.8 Å². The minimum atomic E-state index is -4.46. The number of hydrogen-bond acceptors (Lipinski definition) is 8. The predicted octanol–water partition coefficient (Wildman–Crippen LogP) is 5.09. The summed E-state index contributed by atoms with van der Waals surface area (Å²) in [6.07, 6.45) is -5.37. The van der Waals surface area contributed by atoms with Crippen molar-refractivity contribution in [2.45, 2.75) is 82.2 Å². The monoisotopic (exact) mass is 701 g/mol. The molecule has 2 N–H and O–H groups in total. The van der Waals surface area contributed by atoms with E-state index >= 15 is 0 Å². The van der Waals surface area contributed by atoms with Crippen LogP contribution in [0.4, 0.5) is 18.9 Å². The first-order chi connectivity index (χ1) is 22.5. The first kappa shape index (κ1) is 38.9. The molecule has 268 valence electrons. The summed E-state index contributed by atoms with van der Waals surface area (Å²) in [5.41, 5.74) is 0.179. The lowest BCUT2D eigenvalue weighted by atomic mass is 10.0. The summed E-state index contributed by atoms with van der Waals surface area (Å²) in [5, 5.41) is 10.1. The van der Waals surface area contributed by atoms with Crippen LogP contribution in [0.1, 0.15) is 63.2 Å². The fourth-order valence-electron chi connectivity index (χ4n) is 5.23. The Morgan fingerprint density at radius 3 is 2.48 bits per heavy atom. The van der Waals surface area contributed by atoms with Crippen LogP contribution in [-0.2, 0) is 19.6 Å². The van der Waals surface area contributed by atoms with Crippen molar-refractivity contribution in [2.24, 2.45) is 5.92 Å². The summed E-state index contributed by atoms with van der Waals surface area (Å²) in [6, 6.07) is 9.54. The molecule has 1 aliphatic heterocycles. The van der Waals surface area contributed by atoms with Crippen molar-refractivity contribution in [1.82, 2.24) is 9.80 Å². The molecule has 4 atom stereocenters. The molecule has 15 heteroatoms. The van der Waals surface area contributed by atoms with Crippen molar-refractivity contribution in [1.29, 1.82) is 0 Å². The number of nitrogens with one attached hydrogen (secondary N) is 1. The maximum Gasteiger partial charge on any atom is 0.389 e. The van der Waals surface area contributed by atoms with Crippen LogP contribution in [0, 0.1) is 5.92 Å². The minimum absolute atomic E-state index is 0.000776. The Morgan fingerprint density at radius 1 is 1.17 bits per heavy atom. The van der Waals surface area contributed by atoms with Crippen molar-refractivity contribution >= 4 is 27.5 Å². The number of sulfonamides is 1. The number of halogens is 3. The maximum absolute atomic E-state index is 14.3. The Bertz CT molecular complexity index is 1470. The minimum Gasteiger partial charge on any atom is -0.497 e. The Hall–Kier alpha value is -3.56. The molecule has 0 saturated carbocycles. The summed E-state index contributed by atoms with van der Waals surface area (Å²) in [7, 11) is -1.16. The van der Waals surface area contributed by atoms with Gasteiger partial charge in [-0.15, -0.1) is 0 Å². The van der Waals surface area contributed by atoms with E-state index in [1.165, 1.54) is 66.4 Å². The molecule has 48 heavy (non-hydrogen) atoms. The lowest BCUT2D eigenvalue weighted by Gasteiger charge is -2.36. The number of carbonyl (C=O) groups excluding carboxylic acids is 2. The van der Waals surface area contributed by atoms with Gasteiger partial charge < -0.3 is 29.1 Å². The van der Waals surface area contributed by atoms with Gasteiger partial charge in [-0.1, -0.05) is 6.92 Å². The molecule has 0 bridgehead atoms. The van der Waals surface area contributed by atoms with Gasteiger partial charge in [-0.25, -0.2) is 8.42 Å². The Morgan fingerprint density at radius 2 is 1.85 bits per heavy atom. The molecule has 0 saturated heterocycles. The number of amides is 2. The van der Waals surface area contributed by atoms with E-state index in [0.717, 1.165) is 0 Å². The van der Waals surface area contributed by atoms with Gasteiger partial charge >= 0.3 is 6.18 Å². The molecule has 11 nitrogen and oxygen atoms in total. The van der Waals surface area contributed by atoms with E-state index in [9.17, 15) is 36.3 Å². The maximum atomic E-state index is 14.3. The third kappa shape index (κ3) is 11.3. The summed E-state index contributed by atoms with van der Waals surface area (Å²) < 4.78 is 84.6. The number of aliphatic hydroxyl groups excluding tert-OH is 1. The van der Waals surface area contributed by atoms with Gasteiger partial charge in [-0.2, -0.15) is 13.2 Å². The summed E-state index contributed by atoms with van der Waals surface area (Å²) in [5.74, 6) is -0.923. The predicted molar refractivity (Wildman–Crippen MR) is 174 cm³/mol. The topological polar surface area (TPSA) is 135 Å². The van der Waals surface area contributed by atoms with Gasteiger partial charge in [-0.05, 0) is 75.6 Å². The highest BCUT2D eigenvalue weighted by atomic mass is 32.2. The van der Waals surface area contributed by atoms with E-state index in [1.807, 2.05) is 6.92 Å². The number of ether oxygens (including phenoxy) is 3.